The van der Waals surface area contributed by atoms with Crippen molar-refractivity contribution in [3.8, 4) is 11.5 Å². The molecule has 0 radical (unpaired) electrons. The molecule has 4 heteroatoms. The molecule has 20 heavy (non-hydrogen) atoms. The molecule has 0 atom stereocenters. The van der Waals surface area contributed by atoms with Gasteiger partial charge in [0.1, 0.15) is 11.5 Å². The number of carbonyl (C=O) groups excluding carboxylic acids is 1. The fraction of sp³-hybridized carbons (Fsp3) is 0.438. The maximum Gasteiger partial charge on any atom is 0.160 e. The topological polar surface area (TPSA) is 47.6 Å². The first-order valence-corrected chi connectivity index (χ1v) is 6.95. The van der Waals surface area contributed by atoms with Crippen LogP contribution in [-0.4, -0.2) is 20.0 Å². The Hall–Kier alpha value is -1.97. The molecule has 0 unspecified atom stereocenters. The van der Waals surface area contributed by atoms with Crippen LogP contribution in [0, 0.1) is 0 Å². The average Bonchev–Trinajstić information content (AvgIpc) is 2.69. The summed E-state index contributed by atoms with van der Waals surface area (Å²) < 4.78 is 10.5. The van der Waals surface area contributed by atoms with Gasteiger partial charge in [0.15, 0.2) is 5.78 Å². The van der Waals surface area contributed by atoms with E-state index in [1.165, 1.54) is 0 Å². The van der Waals surface area contributed by atoms with E-state index in [1.54, 1.807) is 14.2 Å². The first-order chi connectivity index (χ1) is 9.74. The molecule has 1 aromatic carbocycles. The number of hydrogen-bond acceptors (Lipinski definition) is 4. The van der Waals surface area contributed by atoms with E-state index in [-0.39, 0.29) is 5.78 Å². The van der Waals surface area contributed by atoms with Crippen LogP contribution in [0.5, 0.6) is 11.5 Å². The molecule has 1 saturated carbocycles. The second-order valence-electron chi connectivity index (χ2n) is 4.86. The molecule has 1 aromatic rings. The minimum absolute atomic E-state index is 0.247. The highest BCUT2D eigenvalue weighted by molar-refractivity contribution is 5.95. The average molecular weight is 275 g/mol. The molecule has 2 rings (SSSR count). The summed E-state index contributed by atoms with van der Waals surface area (Å²) in [5, 5.41) is 3.18. The number of methoxy groups -OCH3 is 2. The summed E-state index contributed by atoms with van der Waals surface area (Å²) in [6, 6.07) is 5.54. The SMILES string of the molecule is COc1ccc(OC)c(NC=C2CCCCCC2=O)c1. The van der Waals surface area contributed by atoms with E-state index < -0.39 is 0 Å². The summed E-state index contributed by atoms with van der Waals surface area (Å²) in [7, 11) is 3.25. The molecule has 4 nitrogen and oxygen atoms in total. The molecular formula is C16H21NO3. The van der Waals surface area contributed by atoms with Crippen LogP contribution >= 0.6 is 0 Å². The molecule has 1 fully saturated rings. The predicted octanol–water partition coefficient (Wildman–Crippen LogP) is 3.53. The number of carbonyl (C=O) groups is 1. The lowest BCUT2D eigenvalue weighted by Crippen LogP contribution is -2.03. The number of nitrogens with one attached hydrogen (secondary N) is 1. The number of hydrogen-bond donors (Lipinski definition) is 1. The van der Waals surface area contributed by atoms with Crippen molar-refractivity contribution in [1.82, 2.24) is 0 Å². The molecule has 0 spiro atoms. The summed E-state index contributed by atoms with van der Waals surface area (Å²) >= 11 is 0. The lowest BCUT2D eigenvalue weighted by atomic mass is 10.1. The third-order valence-electron chi connectivity index (χ3n) is 3.52. The summed E-state index contributed by atoms with van der Waals surface area (Å²) in [5.74, 6) is 1.72. The Kier molecular flexibility index (Phi) is 5.04. The van der Waals surface area contributed by atoms with Gasteiger partial charge < -0.3 is 14.8 Å². The zero-order valence-corrected chi connectivity index (χ0v) is 12.1. The van der Waals surface area contributed by atoms with Crippen LogP contribution in [-0.2, 0) is 4.79 Å². The Bertz CT molecular complexity index is 508. The summed E-state index contributed by atoms with van der Waals surface area (Å²) in [6.07, 6.45) is 6.52. The van der Waals surface area contributed by atoms with Gasteiger partial charge in [-0.25, -0.2) is 0 Å². The Balaban J connectivity index is 2.17. The highest BCUT2D eigenvalue weighted by Gasteiger charge is 2.13. The lowest BCUT2D eigenvalue weighted by Gasteiger charge is -2.11. The molecule has 1 aliphatic carbocycles. The molecule has 108 valence electrons. The molecule has 0 aromatic heterocycles. The quantitative estimate of drug-likeness (QED) is 0.674. The molecule has 0 heterocycles. The van der Waals surface area contributed by atoms with E-state index in [2.05, 4.69) is 5.32 Å². The van der Waals surface area contributed by atoms with Crippen molar-refractivity contribution in [2.24, 2.45) is 0 Å². The van der Waals surface area contributed by atoms with Gasteiger partial charge in [-0.2, -0.15) is 0 Å². The smallest absolute Gasteiger partial charge is 0.160 e. The van der Waals surface area contributed by atoms with Gasteiger partial charge in [0.05, 0.1) is 19.9 Å². The fourth-order valence-corrected chi connectivity index (χ4v) is 2.32. The van der Waals surface area contributed by atoms with Crippen LogP contribution in [0.1, 0.15) is 32.1 Å². The maximum atomic E-state index is 11.9. The number of ketones is 1. The van der Waals surface area contributed by atoms with E-state index in [0.29, 0.717) is 6.42 Å². The van der Waals surface area contributed by atoms with Crippen LogP contribution in [0.25, 0.3) is 0 Å². The first-order valence-electron chi connectivity index (χ1n) is 6.95. The van der Waals surface area contributed by atoms with Gasteiger partial charge in [0.25, 0.3) is 0 Å². The van der Waals surface area contributed by atoms with Crippen molar-refractivity contribution < 1.29 is 14.3 Å². The number of ether oxygens (including phenoxy) is 2. The fourth-order valence-electron chi connectivity index (χ4n) is 2.32. The predicted molar refractivity (Wildman–Crippen MR) is 79.3 cm³/mol. The summed E-state index contributed by atoms with van der Waals surface area (Å²) in [6.45, 7) is 0. The van der Waals surface area contributed by atoms with Crippen LogP contribution < -0.4 is 14.8 Å². The molecule has 0 amide bonds. The molecule has 0 bridgehead atoms. The Labute approximate surface area is 119 Å². The first kappa shape index (κ1) is 14.4. The van der Waals surface area contributed by atoms with E-state index in [0.717, 1.165) is 48.4 Å². The Morgan fingerprint density at radius 2 is 1.90 bits per heavy atom. The van der Waals surface area contributed by atoms with Crippen molar-refractivity contribution in [2.75, 3.05) is 19.5 Å². The maximum absolute atomic E-state index is 11.9. The minimum Gasteiger partial charge on any atom is -0.497 e. The van der Waals surface area contributed by atoms with Crippen LogP contribution in [0.15, 0.2) is 30.0 Å². The zero-order chi connectivity index (χ0) is 14.4. The largest absolute Gasteiger partial charge is 0.497 e. The van der Waals surface area contributed by atoms with Gasteiger partial charge in [-0.15, -0.1) is 0 Å². The van der Waals surface area contributed by atoms with Gasteiger partial charge in [0.2, 0.25) is 0 Å². The Morgan fingerprint density at radius 3 is 2.65 bits per heavy atom. The number of allylic oxidation sites excluding steroid dienone is 1. The normalized spacial score (nSPS) is 17.7. The van der Waals surface area contributed by atoms with Crippen LogP contribution in [0.2, 0.25) is 0 Å². The number of anilines is 1. The Morgan fingerprint density at radius 1 is 1.10 bits per heavy atom. The van der Waals surface area contributed by atoms with E-state index in [4.69, 9.17) is 9.47 Å². The monoisotopic (exact) mass is 275 g/mol. The van der Waals surface area contributed by atoms with Crippen molar-refractivity contribution in [2.45, 2.75) is 32.1 Å². The second-order valence-corrected chi connectivity index (χ2v) is 4.86. The number of Topliss-reactive ketones (excluding diaryl/α,β-unsaturated/α-hetero) is 1. The van der Waals surface area contributed by atoms with E-state index in [9.17, 15) is 4.79 Å². The highest BCUT2D eigenvalue weighted by atomic mass is 16.5. The number of rotatable bonds is 4. The zero-order valence-electron chi connectivity index (χ0n) is 12.1. The highest BCUT2D eigenvalue weighted by Crippen LogP contribution is 2.29. The molecular weight excluding hydrogens is 254 g/mol. The van der Waals surface area contributed by atoms with Crippen molar-refractivity contribution in [1.29, 1.82) is 0 Å². The van der Waals surface area contributed by atoms with Gasteiger partial charge in [-0.05, 0) is 31.4 Å². The third kappa shape index (κ3) is 3.53. The standard InChI is InChI=1S/C16H21NO3/c1-19-13-8-9-16(20-2)14(10-13)17-11-12-6-4-3-5-7-15(12)18/h8-11,17H,3-7H2,1-2H3. The van der Waals surface area contributed by atoms with E-state index in [1.807, 2.05) is 24.4 Å². The van der Waals surface area contributed by atoms with E-state index >= 15 is 0 Å². The lowest BCUT2D eigenvalue weighted by molar-refractivity contribution is -0.115. The van der Waals surface area contributed by atoms with Crippen LogP contribution in [0.3, 0.4) is 0 Å². The molecule has 0 saturated heterocycles. The van der Waals surface area contributed by atoms with Crippen molar-refractivity contribution in [3.05, 3.63) is 30.0 Å². The van der Waals surface area contributed by atoms with Gasteiger partial charge >= 0.3 is 0 Å². The van der Waals surface area contributed by atoms with Gasteiger partial charge in [-0.3, -0.25) is 4.79 Å². The van der Waals surface area contributed by atoms with Gasteiger partial charge in [0, 0.05) is 24.3 Å². The second kappa shape index (κ2) is 6.98. The molecule has 0 aliphatic heterocycles. The third-order valence-corrected chi connectivity index (χ3v) is 3.52. The van der Waals surface area contributed by atoms with Crippen molar-refractivity contribution in [3.63, 3.8) is 0 Å². The van der Waals surface area contributed by atoms with Crippen LogP contribution in [0.4, 0.5) is 5.69 Å². The molecule has 1 aliphatic rings. The summed E-state index contributed by atoms with van der Waals surface area (Å²) in [4.78, 5) is 11.9. The minimum atomic E-state index is 0.247. The summed E-state index contributed by atoms with van der Waals surface area (Å²) in [5.41, 5.74) is 1.67. The van der Waals surface area contributed by atoms with Gasteiger partial charge in [-0.1, -0.05) is 6.42 Å². The number of benzene rings is 1. The van der Waals surface area contributed by atoms with Crippen molar-refractivity contribution >= 4 is 11.5 Å². The molecule has 1 N–H and O–H groups in total.